The van der Waals surface area contributed by atoms with Gasteiger partial charge in [0.25, 0.3) is 5.91 Å². The number of nitrogens with one attached hydrogen (secondary N) is 1. The Kier molecular flexibility index (Phi) is 7.66. The number of alkyl halides is 3. The fourth-order valence-corrected chi connectivity index (χ4v) is 5.80. The van der Waals surface area contributed by atoms with E-state index in [9.17, 15) is 37.1 Å². The summed E-state index contributed by atoms with van der Waals surface area (Å²) in [6.45, 7) is 1.85. The summed E-state index contributed by atoms with van der Waals surface area (Å²) < 4.78 is 63.9. The van der Waals surface area contributed by atoms with Gasteiger partial charge in [-0.15, -0.1) is 0 Å². The topological polar surface area (TPSA) is 148 Å². The number of anilines is 1. The molecule has 2 aromatic carbocycles. The van der Waals surface area contributed by atoms with Gasteiger partial charge in [0.1, 0.15) is 29.3 Å². The lowest BCUT2D eigenvalue weighted by molar-refractivity contribution is -0.265. The first-order valence-electron chi connectivity index (χ1n) is 14.7. The number of nitrogens with two attached hydrogens (primary N) is 1. The molecular formula is C33H29F4N5O5. The maximum Gasteiger partial charge on any atom is 0.424 e. The molecule has 0 radical (unpaired) electrons. The first kappa shape index (κ1) is 31.9. The molecule has 47 heavy (non-hydrogen) atoms. The van der Waals surface area contributed by atoms with Gasteiger partial charge in [0.15, 0.2) is 0 Å². The van der Waals surface area contributed by atoms with Gasteiger partial charge in [-0.3, -0.25) is 19.4 Å². The number of aliphatic hydroxyl groups is 1. The van der Waals surface area contributed by atoms with Gasteiger partial charge >= 0.3 is 6.18 Å². The molecule has 2 aliphatic rings. The van der Waals surface area contributed by atoms with Crippen molar-refractivity contribution in [3.63, 3.8) is 0 Å². The van der Waals surface area contributed by atoms with E-state index in [1.807, 2.05) is 0 Å². The molecule has 0 spiro atoms. The molecule has 2 atom stereocenters. The summed E-state index contributed by atoms with van der Waals surface area (Å²) in [7, 11) is 0. The molecule has 1 fully saturated rings. The fraction of sp³-hybridized carbons (Fsp3) is 0.303. The maximum atomic E-state index is 14.8. The van der Waals surface area contributed by atoms with Crippen molar-refractivity contribution in [1.82, 2.24) is 15.3 Å². The Morgan fingerprint density at radius 2 is 1.83 bits per heavy atom. The maximum absolute atomic E-state index is 14.8. The van der Waals surface area contributed by atoms with E-state index >= 15 is 0 Å². The van der Waals surface area contributed by atoms with Crippen LogP contribution in [0.3, 0.4) is 0 Å². The summed E-state index contributed by atoms with van der Waals surface area (Å²) in [6.07, 6.45) is -4.49. The Balaban J connectivity index is 1.42. The molecule has 6 rings (SSSR count). The highest BCUT2D eigenvalue weighted by Crippen LogP contribution is 2.47. The van der Waals surface area contributed by atoms with Crippen molar-refractivity contribution in [3.8, 4) is 17.0 Å². The third-order valence-corrected chi connectivity index (χ3v) is 8.67. The van der Waals surface area contributed by atoms with Crippen LogP contribution in [-0.4, -0.2) is 58.7 Å². The number of hydrogen-bond acceptors (Lipinski definition) is 7. The van der Waals surface area contributed by atoms with Crippen LogP contribution >= 0.6 is 0 Å². The van der Waals surface area contributed by atoms with Crippen LogP contribution in [0.2, 0.25) is 0 Å². The molecule has 4 heterocycles. The van der Waals surface area contributed by atoms with E-state index < -0.39 is 47.1 Å². The van der Waals surface area contributed by atoms with Crippen LogP contribution in [0.15, 0.2) is 54.6 Å². The minimum absolute atomic E-state index is 0.0424. The molecule has 2 aromatic heterocycles. The molecule has 0 aliphatic carbocycles. The highest BCUT2D eigenvalue weighted by atomic mass is 19.4. The van der Waals surface area contributed by atoms with Crippen molar-refractivity contribution in [1.29, 1.82) is 0 Å². The van der Waals surface area contributed by atoms with Gasteiger partial charge in [0, 0.05) is 40.7 Å². The first-order valence-corrected chi connectivity index (χ1v) is 14.7. The quantitative estimate of drug-likeness (QED) is 0.254. The Hall–Kier alpha value is -5.11. The van der Waals surface area contributed by atoms with Crippen LogP contribution in [0.25, 0.3) is 22.2 Å². The second-order valence-corrected chi connectivity index (χ2v) is 11.9. The van der Waals surface area contributed by atoms with E-state index in [0.29, 0.717) is 41.7 Å². The van der Waals surface area contributed by atoms with Crippen molar-refractivity contribution >= 4 is 34.3 Å². The standard InChI is InChI=1S/C33H29F4N5O5/c1-17-5-6-19-12-20(13-23(26(19)40-17)42-11-3-4-25(42)43)29(44)39-15-32(46,33(35,36)37)24-14-22-28(47-16-31(22,2)30(38)45)27(41-24)18-7-9-21(34)10-8-18/h5-10,12-14,46H,3-4,11,15-16H2,1-2H3,(H2,38,45)(H,39,44)/t31-,32?/m0/s1. The van der Waals surface area contributed by atoms with E-state index in [1.165, 1.54) is 36.1 Å². The van der Waals surface area contributed by atoms with Gasteiger partial charge in [-0.1, -0.05) is 6.07 Å². The average molecular weight is 652 g/mol. The molecule has 0 bridgehead atoms. The molecular weight excluding hydrogens is 622 g/mol. The number of primary amides is 1. The summed E-state index contributed by atoms with van der Waals surface area (Å²) in [5, 5.41) is 14.0. The van der Waals surface area contributed by atoms with Gasteiger partial charge < -0.3 is 25.8 Å². The number of aryl methyl sites for hydroxylation is 1. The van der Waals surface area contributed by atoms with Crippen molar-refractivity contribution in [2.24, 2.45) is 5.73 Å². The Bertz CT molecular complexity index is 1950. The van der Waals surface area contributed by atoms with Crippen LogP contribution in [0.5, 0.6) is 5.75 Å². The predicted molar refractivity (Wildman–Crippen MR) is 162 cm³/mol. The summed E-state index contributed by atoms with van der Waals surface area (Å²) in [4.78, 5) is 48.6. The number of rotatable bonds is 7. The van der Waals surface area contributed by atoms with Crippen molar-refractivity contribution < 1.29 is 41.8 Å². The molecule has 10 nitrogen and oxygen atoms in total. The highest BCUT2D eigenvalue weighted by molar-refractivity contribution is 6.07. The molecule has 0 saturated carbocycles. The minimum Gasteiger partial charge on any atom is -0.489 e. The summed E-state index contributed by atoms with van der Waals surface area (Å²) in [6, 6.07) is 11.8. The van der Waals surface area contributed by atoms with Crippen LogP contribution in [0, 0.1) is 12.7 Å². The Morgan fingerprint density at radius 1 is 1.11 bits per heavy atom. The number of carbonyl (C=O) groups is 3. The summed E-state index contributed by atoms with van der Waals surface area (Å²) >= 11 is 0. The normalized spacial score (nSPS) is 19.0. The third-order valence-electron chi connectivity index (χ3n) is 8.67. The number of halogens is 4. The second kappa shape index (κ2) is 11.3. The van der Waals surface area contributed by atoms with E-state index in [4.69, 9.17) is 10.5 Å². The SMILES string of the molecule is Cc1ccc2cc(C(=O)NCC(O)(c3cc4c(c(-c5ccc(F)cc5)n3)OC[C@]4(C)C(N)=O)C(F)(F)F)cc(N3CCCC3=O)c2n1. The lowest BCUT2D eigenvalue weighted by Gasteiger charge is -2.31. The second-order valence-electron chi connectivity index (χ2n) is 11.9. The number of pyridine rings is 2. The third kappa shape index (κ3) is 5.41. The number of hydrogen-bond donors (Lipinski definition) is 3. The van der Waals surface area contributed by atoms with Gasteiger partial charge in [0.05, 0.1) is 23.4 Å². The number of aromatic nitrogens is 2. The molecule has 14 heteroatoms. The van der Waals surface area contributed by atoms with E-state index in [-0.39, 0.29) is 40.6 Å². The van der Waals surface area contributed by atoms with Gasteiger partial charge in [-0.05, 0) is 68.8 Å². The monoisotopic (exact) mass is 651 g/mol. The Morgan fingerprint density at radius 3 is 2.47 bits per heavy atom. The van der Waals surface area contributed by atoms with Crippen molar-refractivity contribution in [3.05, 3.63) is 82.9 Å². The van der Waals surface area contributed by atoms with Gasteiger partial charge in [-0.25, -0.2) is 9.37 Å². The highest BCUT2D eigenvalue weighted by Gasteiger charge is 2.57. The molecule has 1 unspecified atom stereocenters. The van der Waals surface area contributed by atoms with E-state index in [2.05, 4.69) is 15.3 Å². The predicted octanol–water partition coefficient (Wildman–Crippen LogP) is 4.19. The van der Waals surface area contributed by atoms with Crippen molar-refractivity contribution in [2.45, 2.75) is 43.9 Å². The molecule has 3 amide bonds. The molecule has 4 aromatic rings. The molecule has 2 aliphatic heterocycles. The van der Waals surface area contributed by atoms with Crippen LogP contribution in [0.4, 0.5) is 23.2 Å². The number of benzene rings is 2. The lowest BCUT2D eigenvalue weighted by atomic mass is 9.81. The van der Waals surface area contributed by atoms with E-state index in [1.54, 1.807) is 19.1 Å². The van der Waals surface area contributed by atoms with Gasteiger partial charge in [-0.2, -0.15) is 13.2 Å². The smallest absolute Gasteiger partial charge is 0.424 e. The number of fused-ring (bicyclic) bond motifs is 2. The van der Waals surface area contributed by atoms with Gasteiger partial charge in [0.2, 0.25) is 17.4 Å². The Labute approximate surface area is 265 Å². The van der Waals surface area contributed by atoms with Crippen LogP contribution in [0.1, 0.15) is 47.1 Å². The fourth-order valence-electron chi connectivity index (χ4n) is 5.80. The zero-order chi connectivity index (χ0) is 33.9. The summed E-state index contributed by atoms with van der Waals surface area (Å²) in [5.74, 6) is -2.69. The number of nitrogens with zero attached hydrogens (tertiary/aromatic N) is 3. The zero-order valence-electron chi connectivity index (χ0n) is 25.2. The minimum atomic E-state index is -5.39. The molecule has 1 saturated heterocycles. The lowest BCUT2D eigenvalue weighted by Crippen LogP contribution is -2.51. The zero-order valence-corrected chi connectivity index (χ0v) is 25.2. The molecule has 4 N–H and O–H groups in total. The average Bonchev–Trinajstić information content (AvgIpc) is 3.62. The van der Waals surface area contributed by atoms with Crippen LogP contribution < -0.4 is 20.7 Å². The first-order chi connectivity index (χ1) is 22.1. The molecule has 244 valence electrons. The largest absolute Gasteiger partial charge is 0.489 e. The van der Waals surface area contributed by atoms with Crippen LogP contribution in [-0.2, 0) is 20.6 Å². The van der Waals surface area contributed by atoms with Crippen molar-refractivity contribution in [2.75, 3.05) is 24.6 Å². The van der Waals surface area contributed by atoms with E-state index in [0.717, 1.165) is 18.2 Å². The number of ether oxygens (including phenoxy) is 1. The number of amides is 3. The number of carbonyl (C=O) groups excluding carboxylic acids is 3. The summed E-state index contributed by atoms with van der Waals surface area (Å²) in [5.41, 5.74) is 0.636.